The molecule has 144 valence electrons. The molecule has 2 aromatic heterocycles. The number of nitrogens with zero attached hydrogens (tertiary/aromatic N) is 2. The van der Waals surface area contributed by atoms with Crippen LogP contribution in [0.4, 0.5) is 5.13 Å². The van der Waals surface area contributed by atoms with Crippen molar-refractivity contribution >= 4 is 33.3 Å². The summed E-state index contributed by atoms with van der Waals surface area (Å²) < 4.78 is 5.97. The minimum Gasteiger partial charge on any atom is -0.508 e. The number of hydrogen-bond acceptors (Lipinski definition) is 6. The predicted octanol–water partition coefficient (Wildman–Crippen LogP) is 4.32. The van der Waals surface area contributed by atoms with Gasteiger partial charge in [0.2, 0.25) is 5.76 Å². The van der Waals surface area contributed by atoms with Crippen LogP contribution in [0.5, 0.6) is 5.75 Å². The molecule has 0 spiro atoms. The number of hydrogen-bond donors (Lipinski definition) is 1. The Morgan fingerprint density at radius 2 is 1.83 bits per heavy atom. The number of amides is 1. The molecule has 0 saturated carbocycles. The molecule has 1 aliphatic rings. The van der Waals surface area contributed by atoms with E-state index in [2.05, 4.69) is 4.98 Å². The molecule has 1 aliphatic heterocycles. The number of benzene rings is 2. The van der Waals surface area contributed by atoms with E-state index in [0.717, 1.165) is 11.1 Å². The molecule has 0 radical (unpaired) electrons. The summed E-state index contributed by atoms with van der Waals surface area (Å²) in [6.07, 6.45) is 1.61. The van der Waals surface area contributed by atoms with Crippen molar-refractivity contribution < 1.29 is 14.3 Å². The molecule has 0 aliphatic carbocycles. The van der Waals surface area contributed by atoms with Gasteiger partial charge in [0.1, 0.15) is 11.3 Å². The highest BCUT2D eigenvalue weighted by atomic mass is 32.1. The summed E-state index contributed by atoms with van der Waals surface area (Å²) in [5.41, 5.74) is 3.13. The normalized spacial score (nSPS) is 15.9. The minimum absolute atomic E-state index is 0.0408. The van der Waals surface area contributed by atoms with Crippen LogP contribution in [0.2, 0.25) is 0 Å². The van der Waals surface area contributed by atoms with Crippen molar-refractivity contribution in [3.05, 3.63) is 86.2 Å². The van der Waals surface area contributed by atoms with Crippen LogP contribution in [-0.2, 0) is 0 Å². The number of aryl methyl sites for hydroxylation is 2. The third kappa shape index (κ3) is 2.58. The van der Waals surface area contributed by atoms with Crippen LogP contribution in [0.3, 0.4) is 0 Å². The van der Waals surface area contributed by atoms with Gasteiger partial charge in [-0.25, -0.2) is 4.98 Å². The number of phenolic OH excluding ortho intramolecular Hbond substituents is 1. The van der Waals surface area contributed by atoms with Crippen LogP contribution in [0.15, 0.2) is 57.2 Å². The zero-order valence-corrected chi connectivity index (χ0v) is 16.5. The summed E-state index contributed by atoms with van der Waals surface area (Å²) in [5.74, 6) is -0.250. The van der Waals surface area contributed by atoms with Gasteiger partial charge in [0.25, 0.3) is 5.91 Å². The number of carbonyl (C=O) groups is 1. The Morgan fingerprint density at radius 3 is 2.52 bits per heavy atom. The number of fused-ring (bicyclic) bond motifs is 2. The standard InChI is InChI=1S/C22H16N2O4S/c1-11-9-15-16(10-12(11)2)28-20-17(19(15)26)18(13-3-5-14(25)6-4-13)24(21(20)27)22-23-7-8-29-22/h3-10,18,25H,1-2H3. The average molecular weight is 404 g/mol. The average Bonchev–Trinajstić information content (AvgIpc) is 3.31. The molecule has 1 atom stereocenters. The van der Waals surface area contributed by atoms with Crippen molar-refractivity contribution in [2.75, 3.05) is 4.90 Å². The maximum absolute atomic E-state index is 13.5. The van der Waals surface area contributed by atoms with Gasteiger partial charge in [-0.3, -0.25) is 14.5 Å². The molecule has 0 fully saturated rings. The number of thiazole rings is 1. The van der Waals surface area contributed by atoms with Crippen LogP contribution < -0.4 is 10.3 Å². The Kier molecular flexibility index (Phi) is 3.82. The highest BCUT2D eigenvalue weighted by Gasteiger charge is 2.44. The second kappa shape index (κ2) is 6.28. The lowest BCUT2D eigenvalue weighted by atomic mass is 9.97. The summed E-state index contributed by atoms with van der Waals surface area (Å²) in [4.78, 5) is 32.6. The quantitative estimate of drug-likeness (QED) is 0.538. The molecular formula is C22H16N2O4S. The van der Waals surface area contributed by atoms with E-state index in [4.69, 9.17) is 4.42 Å². The van der Waals surface area contributed by atoms with Gasteiger partial charge >= 0.3 is 0 Å². The zero-order chi connectivity index (χ0) is 20.3. The summed E-state index contributed by atoms with van der Waals surface area (Å²) in [6, 6.07) is 9.40. The lowest BCUT2D eigenvalue weighted by Crippen LogP contribution is -2.29. The van der Waals surface area contributed by atoms with Crippen molar-refractivity contribution in [2.45, 2.75) is 19.9 Å². The first-order valence-corrected chi connectivity index (χ1v) is 9.93. The molecule has 29 heavy (non-hydrogen) atoms. The van der Waals surface area contributed by atoms with Gasteiger partial charge in [0, 0.05) is 11.6 Å². The summed E-state index contributed by atoms with van der Waals surface area (Å²) in [5, 5.41) is 12.4. The summed E-state index contributed by atoms with van der Waals surface area (Å²) in [7, 11) is 0. The van der Waals surface area contributed by atoms with Crippen molar-refractivity contribution in [3.63, 3.8) is 0 Å². The van der Waals surface area contributed by atoms with Crippen LogP contribution in [0, 0.1) is 13.8 Å². The molecule has 1 amide bonds. The largest absolute Gasteiger partial charge is 0.508 e. The van der Waals surface area contributed by atoms with Crippen molar-refractivity contribution in [2.24, 2.45) is 0 Å². The molecule has 0 bridgehead atoms. The third-order valence-corrected chi connectivity index (χ3v) is 6.09. The maximum Gasteiger partial charge on any atom is 0.297 e. The van der Waals surface area contributed by atoms with Gasteiger partial charge in [-0.15, -0.1) is 11.3 Å². The van der Waals surface area contributed by atoms with Crippen molar-refractivity contribution in [1.29, 1.82) is 0 Å². The lowest BCUT2D eigenvalue weighted by Gasteiger charge is -2.22. The van der Waals surface area contributed by atoms with Crippen LogP contribution in [0.1, 0.15) is 38.9 Å². The SMILES string of the molecule is Cc1cc2oc3c(c(=O)c2cc1C)C(c1ccc(O)cc1)N(c1nccs1)C3=O. The maximum atomic E-state index is 13.5. The lowest BCUT2D eigenvalue weighted by molar-refractivity contribution is 0.0971. The molecule has 1 unspecified atom stereocenters. The Balaban J connectivity index is 1.84. The Bertz CT molecular complexity index is 1320. The first-order valence-electron chi connectivity index (χ1n) is 9.05. The molecule has 0 saturated heterocycles. The number of phenols is 1. The van der Waals surface area contributed by atoms with Gasteiger partial charge in [0.05, 0.1) is 17.0 Å². The number of anilines is 1. The number of carbonyl (C=O) groups excluding carboxylic acids is 1. The fourth-order valence-corrected chi connectivity index (χ4v) is 4.40. The molecule has 5 rings (SSSR count). The van der Waals surface area contributed by atoms with Gasteiger partial charge in [0.15, 0.2) is 10.6 Å². The highest BCUT2D eigenvalue weighted by Crippen LogP contribution is 2.42. The van der Waals surface area contributed by atoms with Gasteiger partial charge < -0.3 is 9.52 Å². The number of rotatable bonds is 2. The highest BCUT2D eigenvalue weighted by molar-refractivity contribution is 7.13. The number of aromatic hydroxyl groups is 1. The Hall–Kier alpha value is -3.45. The minimum atomic E-state index is -0.675. The van der Waals surface area contributed by atoms with Gasteiger partial charge in [-0.1, -0.05) is 12.1 Å². The Morgan fingerprint density at radius 1 is 1.10 bits per heavy atom. The summed E-state index contributed by atoms with van der Waals surface area (Å²) in [6.45, 7) is 3.87. The molecule has 3 heterocycles. The fourth-order valence-electron chi connectivity index (χ4n) is 3.73. The summed E-state index contributed by atoms with van der Waals surface area (Å²) >= 11 is 1.31. The molecule has 1 N–H and O–H groups in total. The predicted molar refractivity (Wildman–Crippen MR) is 111 cm³/mol. The van der Waals surface area contributed by atoms with Gasteiger partial charge in [-0.2, -0.15) is 0 Å². The first-order chi connectivity index (χ1) is 14.0. The molecule has 2 aromatic carbocycles. The van der Waals surface area contributed by atoms with Crippen LogP contribution in [0.25, 0.3) is 11.0 Å². The van der Waals surface area contributed by atoms with E-state index in [1.165, 1.54) is 28.4 Å². The topological polar surface area (TPSA) is 83.6 Å². The van der Waals surface area contributed by atoms with E-state index in [9.17, 15) is 14.7 Å². The molecule has 4 aromatic rings. The molecular weight excluding hydrogens is 388 g/mol. The Labute approximate surface area is 169 Å². The van der Waals surface area contributed by atoms with E-state index in [-0.39, 0.29) is 16.9 Å². The van der Waals surface area contributed by atoms with E-state index in [1.807, 2.05) is 13.8 Å². The van der Waals surface area contributed by atoms with Crippen molar-refractivity contribution in [1.82, 2.24) is 4.98 Å². The van der Waals surface area contributed by atoms with E-state index in [0.29, 0.717) is 27.2 Å². The second-order valence-electron chi connectivity index (χ2n) is 7.09. The smallest absolute Gasteiger partial charge is 0.297 e. The van der Waals surface area contributed by atoms with Crippen LogP contribution >= 0.6 is 11.3 Å². The van der Waals surface area contributed by atoms with Gasteiger partial charge in [-0.05, 0) is 54.8 Å². The van der Waals surface area contributed by atoms with E-state index in [1.54, 1.807) is 35.8 Å². The van der Waals surface area contributed by atoms with Crippen molar-refractivity contribution in [3.8, 4) is 5.75 Å². The van der Waals surface area contributed by atoms with Crippen LogP contribution in [-0.4, -0.2) is 16.0 Å². The molecule has 7 heteroatoms. The first kappa shape index (κ1) is 17.6. The fraction of sp³-hybridized carbons (Fsp3) is 0.136. The number of aromatic nitrogens is 1. The van der Waals surface area contributed by atoms with E-state index >= 15 is 0 Å². The second-order valence-corrected chi connectivity index (χ2v) is 7.96. The zero-order valence-electron chi connectivity index (χ0n) is 15.7. The molecule has 6 nitrogen and oxygen atoms in total. The monoisotopic (exact) mass is 404 g/mol. The third-order valence-electron chi connectivity index (χ3n) is 5.32. The van der Waals surface area contributed by atoms with E-state index < -0.39 is 11.9 Å².